The lowest BCUT2D eigenvalue weighted by molar-refractivity contribution is -0.125. The summed E-state index contributed by atoms with van der Waals surface area (Å²) in [5, 5.41) is 0. The average molecular weight is 294 g/mol. The molecule has 1 aliphatic rings. The predicted octanol–water partition coefficient (Wildman–Crippen LogP) is 1.69. The zero-order valence-electron chi connectivity index (χ0n) is 11.9. The van der Waals surface area contributed by atoms with Gasteiger partial charge >= 0.3 is 0 Å². The van der Waals surface area contributed by atoms with Crippen LogP contribution in [0.4, 0.5) is 0 Å². The second kappa shape index (κ2) is 4.91. The minimum atomic E-state index is -0.557. The summed E-state index contributed by atoms with van der Waals surface area (Å²) >= 11 is 0. The fourth-order valence-corrected chi connectivity index (χ4v) is 2.93. The third-order valence-corrected chi connectivity index (χ3v) is 4.04. The van der Waals surface area contributed by atoms with E-state index in [9.17, 15) is 9.59 Å². The van der Waals surface area contributed by atoms with E-state index < -0.39 is 11.7 Å². The lowest BCUT2D eigenvalue weighted by Gasteiger charge is -2.13. The molecule has 0 unspecified atom stereocenters. The first-order valence-electron chi connectivity index (χ1n) is 7.30. The van der Waals surface area contributed by atoms with Gasteiger partial charge in [0, 0.05) is 13.1 Å². The summed E-state index contributed by atoms with van der Waals surface area (Å²) in [6.45, 7) is 1.30. The van der Waals surface area contributed by atoms with Crippen LogP contribution in [0.1, 0.15) is 23.5 Å². The average Bonchev–Trinajstić information content (AvgIpc) is 3.23. The van der Waals surface area contributed by atoms with E-state index in [1.165, 1.54) is 0 Å². The summed E-state index contributed by atoms with van der Waals surface area (Å²) < 4.78 is 1.71. The van der Waals surface area contributed by atoms with Crippen molar-refractivity contribution in [1.29, 1.82) is 0 Å². The normalized spacial score (nSPS) is 14.8. The standard InChI is InChI=1S/C16H14N4O2/c21-14(16(22)19-7-3-4-8-19)15-18-10-11-9-17-12-5-1-2-6-13(12)20(11)15/h1-2,5-6,9-10H,3-4,7-8H2. The maximum Gasteiger partial charge on any atom is 0.298 e. The Labute approximate surface area is 126 Å². The van der Waals surface area contributed by atoms with Crippen LogP contribution in [0.2, 0.25) is 0 Å². The van der Waals surface area contributed by atoms with E-state index >= 15 is 0 Å². The van der Waals surface area contributed by atoms with Crippen molar-refractivity contribution >= 4 is 28.2 Å². The SMILES string of the molecule is O=C(C(=O)N1CCCC1)c1ncc2cnc3ccccc3n12. The fraction of sp³-hybridized carbons (Fsp3) is 0.250. The van der Waals surface area contributed by atoms with Crippen molar-refractivity contribution in [3.05, 3.63) is 42.5 Å². The number of ketones is 1. The van der Waals surface area contributed by atoms with Gasteiger partial charge in [-0.25, -0.2) is 4.98 Å². The number of fused-ring (bicyclic) bond motifs is 3. The summed E-state index contributed by atoms with van der Waals surface area (Å²) in [4.78, 5) is 35.0. The number of benzene rings is 1. The van der Waals surface area contributed by atoms with E-state index in [-0.39, 0.29) is 5.82 Å². The number of amides is 1. The van der Waals surface area contributed by atoms with Crippen molar-refractivity contribution in [2.75, 3.05) is 13.1 Å². The Hall–Kier alpha value is -2.76. The van der Waals surface area contributed by atoms with Gasteiger partial charge in [-0.15, -0.1) is 0 Å². The molecule has 1 fully saturated rings. The van der Waals surface area contributed by atoms with Gasteiger partial charge in [-0.3, -0.25) is 19.0 Å². The zero-order chi connectivity index (χ0) is 15.1. The molecule has 0 atom stereocenters. The van der Waals surface area contributed by atoms with Crippen molar-refractivity contribution in [2.45, 2.75) is 12.8 Å². The number of likely N-dealkylation sites (tertiary alicyclic amines) is 1. The van der Waals surface area contributed by atoms with Crippen LogP contribution in [-0.4, -0.2) is 44.0 Å². The minimum Gasteiger partial charge on any atom is -0.336 e. The number of aromatic nitrogens is 3. The van der Waals surface area contributed by atoms with Gasteiger partial charge < -0.3 is 4.90 Å². The first-order chi connectivity index (χ1) is 10.8. The molecule has 22 heavy (non-hydrogen) atoms. The van der Waals surface area contributed by atoms with Crippen LogP contribution < -0.4 is 0 Å². The Morgan fingerprint density at radius 2 is 1.73 bits per heavy atom. The summed E-state index contributed by atoms with van der Waals surface area (Å²) in [7, 11) is 0. The maximum atomic E-state index is 12.6. The largest absolute Gasteiger partial charge is 0.336 e. The lowest BCUT2D eigenvalue weighted by Crippen LogP contribution is -2.35. The Balaban J connectivity index is 1.86. The molecule has 1 aliphatic heterocycles. The van der Waals surface area contributed by atoms with Crippen LogP contribution in [0.3, 0.4) is 0 Å². The molecule has 6 heteroatoms. The minimum absolute atomic E-state index is 0.158. The predicted molar refractivity (Wildman–Crippen MR) is 80.6 cm³/mol. The summed E-state index contributed by atoms with van der Waals surface area (Å²) in [5.74, 6) is -0.866. The molecule has 1 amide bonds. The van der Waals surface area contributed by atoms with Gasteiger partial charge in [0.2, 0.25) is 0 Å². The number of nitrogens with zero attached hydrogens (tertiary/aromatic N) is 4. The smallest absolute Gasteiger partial charge is 0.298 e. The van der Waals surface area contributed by atoms with Gasteiger partial charge in [-0.1, -0.05) is 12.1 Å². The molecular formula is C16H14N4O2. The quantitative estimate of drug-likeness (QED) is 0.533. The number of Topliss-reactive ketones (excluding diaryl/α,β-unsaturated/α-hetero) is 1. The molecule has 1 saturated heterocycles. The van der Waals surface area contributed by atoms with Crippen LogP contribution in [0.25, 0.3) is 16.6 Å². The molecule has 3 aromatic rings. The van der Waals surface area contributed by atoms with E-state index in [0.29, 0.717) is 18.6 Å². The van der Waals surface area contributed by atoms with Crippen molar-refractivity contribution < 1.29 is 9.59 Å². The first-order valence-corrected chi connectivity index (χ1v) is 7.30. The van der Waals surface area contributed by atoms with Crippen LogP contribution in [0, 0.1) is 0 Å². The molecule has 110 valence electrons. The number of hydrogen-bond donors (Lipinski definition) is 0. The Kier molecular flexibility index (Phi) is 2.89. The van der Waals surface area contributed by atoms with E-state index in [1.54, 1.807) is 21.7 Å². The number of carbonyl (C=O) groups excluding carboxylic acids is 2. The van der Waals surface area contributed by atoms with E-state index in [0.717, 1.165) is 23.9 Å². The highest BCUT2D eigenvalue weighted by atomic mass is 16.2. The molecule has 1 aromatic carbocycles. The lowest BCUT2D eigenvalue weighted by atomic mass is 10.2. The molecule has 3 heterocycles. The molecule has 2 aromatic heterocycles. The van der Waals surface area contributed by atoms with Crippen LogP contribution in [0.15, 0.2) is 36.7 Å². The molecule has 0 aliphatic carbocycles. The van der Waals surface area contributed by atoms with E-state index in [1.807, 2.05) is 24.3 Å². The fourth-order valence-electron chi connectivity index (χ4n) is 2.93. The molecule has 6 nitrogen and oxygen atoms in total. The molecular weight excluding hydrogens is 280 g/mol. The van der Waals surface area contributed by atoms with Crippen molar-refractivity contribution in [2.24, 2.45) is 0 Å². The monoisotopic (exact) mass is 294 g/mol. The summed E-state index contributed by atoms with van der Waals surface area (Å²) in [6.07, 6.45) is 5.14. The van der Waals surface area contributed by atoms with E-state index in [4.69, 9.17) is 0 Å². The highest BCUT2D eigenvalue weighted by molar-refractivity contribution is 6.42. The zero-order valence-corrected chi connectivity index (χ0v) is 11.9. The van der Waals surface area contributed by atoms with Gasteiger partial charge in [0.05, 0.1) is 28.9 Å². The topological polar surface area (TPSA) is 67.6 Å². The highest BCUT2D eigenvalue weighted by Crippen LogP contribution is 2.18. The Morgan fingerprint density at radius 3 is 2.55 bits per heavy atom. The molecule has 0 spiro atoms. The van der Waals surface area contributed by atoms with Crippen molar-refractivity contribution in [3.8, 4) is 0 Å². The second-order valence-electron chi connectivity index (χ2n) is 5.42. The number of rotatable bonds is 2. The molecule has 0 bridgehead atoms. The van der Waals surface area contributed by atoms with Crippen LogP contribution in [-0.2, 0) is 4.79 Å². The second-order valence-corrected chi connectivity index (χ2v) is 5.42. The van der Waals surface area contributed by atoms with Gasteiger partial charge in [0.25, 0.3) is 11.7 Å². The van der Waals surface area contributed by atoms with Gasteiger partial charge in [-0.2, -0.15) is 0 Å². The Bertz CT molecular complexity index is 893. The molecule has 0 radical (unpaired) electrons. The van der Waals surface area contributed by atoms with Crippen LogP contribution >= 0.6 is 0 Å². The summed E-state index contributed by atoms with van der Waals surface area (Å²) in [5.41, 5.74) is 2.24. The third-order valence-electron chi connectivity index (χ3n) is 4.04. The number of imidazole rings is 1. The first kappa shape index (κ1) is 12.9. The Morgan fingerprint density at radius 1 is 1.00 bits per heavy atom. The number of hydrogen-bond acceptors (Lipinski definition) is 4. The van der Waals surface area contributed by atoms with Crippen molar-refractivity contribution in [1.82, 2.24) is 19.3 Å². The number of carbonyl (C=O) groups is 2. The molecule has 0 N–H and O–H groups in total. The number of para-hydroxylation sites is 2. The highest BCUT2D eigenvalue weighted by Gasteiger charge is 2.28. The summed E-state index contributed by atoms with van der Waals surface area (Å²) in [6, 6.07) is 7.49. The van der Waals surface area contributed by atoms with Gasteiger partial charge in [-0.05, 0) is 25.0 Å². The van der Waals surface area contributed by atoms with Crippen molar-refractivity contribution in [3.63, 3.8) is 0 Å². The maximum absolute atomic E-state index is 12.6. The molecule has 0 saturated carbocycles. The van der Waals surface area contributed by atoms with Gasteiger partial charge in [0.15, 0.2) is 5.82 Å². The van der Waals surface area contributed by atoms with Gasteiger partial charge in [0.1, 0.15) is 0 Å². The van der Waals surface area contributed by atoms with Crippen LogP contribution in [0.5, 0.6) is 0 Å². The van der Waals surface area contributed by atoms with E-state index in [2.05, 4.69) is 9.97 Å². The third kappa shape index (κ3) is 1.88. The molecule has 4 rings (SSSR count).